The van der Waals surface area contributed by atoms with E-state index in [0.29, 0.717) is 11.8 Å². The van der Waals surface area contributed by atoms with Gasteiger partial charge in [-0.15, -0.1) is 0 Å². The minimum absolute atomic E-state index is 0.440. The predicted octanol–water partition coefficient (Wildman–Crippen LogP) is 2.91. The minimum atomic E-state index is -1.47. The number of aliphatic imine (C=N–C) groups is 1. The average molecular weight is 247 g/mol. The van der Waals surface area contributed by atoms with Crippen molar-refractivity contribution in [3.63, 3.8) is 0 Å². The smallest absolute Gasteiger partial charge is 0.123 e. The summed E-state index contributed by atoms with van der Waals surface area (Å²) in [6, 6.07) is 6.50. The van der Waals surface area contributed by atoms with E-state index in [9.17, 15) is 5.11 Å². The second kappa shape index (κ2) is 4.65. The van der Waals surface area contributed by atoms with E-state index in [1.807, 2.05) is 24.4 Å². The van der Waals surface area contributed by atoms with Crippen LogP contribution in [0.25, 0.3) is 0 Å². The molecule has 0 atom stereocenters. The van der Waals surface area contributed by atoms with Crippen molar-refractivity contribution in [2.24, 2.45) is 4.99 Å². The van der Waals surface area contributed by atoms with E-state index in [4.69, 9.17) is 0 Å². The molecule has 0 saturated heterocycles. The van der Waals surface area contributed by atoms with Crippen molar-refractivity contribution in [1.29, 1.82) is 0 Å². The molecule has 1 aliphatic carbocycles. The normalized spacial score (nSPS) is 17.4. The van der Waals surface area contributed by atoms with Gasteiger partial charge in [0.15, 0.2) is 0 Å². The Bertz CT molecular complexity index is 430. The number of benzene rings is 1. The molecule has 1 aliphatic rings. The zero-order valence-electron chi connectivity index (χ0n) is 10.9. The monoisotopic (exact) mass is 247 g/mol. The molecule has 3 heteroatoms. The Morgan fingerprint density at radius 1 is 1.29 bits per heavy atom. The van der Waals surface area contributed by atoms with Crippen molar-refractivity contribution >= 4 is 19.5 Å². The molecular weight excluding hydrogens is 226 g/mol. The Kier molecular flexibility index (Phi) is 3.38. The lowest BCUT2D eigenvalue weighted by Crippen LogP contribution is -2.38. The third-order valence-corrected chi connectivity index (χ3v) is 5.39. The fourth-order valence-electron chi connectivity index (χ4n) is 1.99. The number of hydrogen-bond acceptors (Lipinski definition) is 2. The molecule has 0 aliphatic heterocycles. The van der Waals surface area contributed by atoms with Crippen LogP contribution < -0.4 is 5.19 Å². The Balaban J connectivity index is 2.25. The van der Waals surface area contributed by atoms with Crippen LogP contribution in [-0.4, -0.2) is 25.4 Å². The highest BCUT2D eigenvalue weighted by molar-refractivity contribution is 6.89. The van der Waals surface area contributed by atoms with Crippen LogP contribution in [0.3, 0.4) is 0 Å². The van der Waals surface area contributed by atoms with Crippen LogP contribution in [0.15, 0.2) is 23.2 Å². The molecule has 0 bridgehead atoms. The summed E-state index contributed by atoms with van der Waals surface area (Å²) in [7, 11) is -1.47. The molecule has 0 radical (unpaired) electrons. The molecule has 92 valence electrons. The summed E-state index contributed by atoms with van der Waals surface area (Å²) in [5, 5.41) is 11.4. The molecule has 1 N–H and O–H groups in total. The van der Waals surface area contributed by atoms with Crippen LogP contribution in [0.4, 0.5) is 0 Å². The highest BCUT2D eigenvalue weighted by Gasteiger charge is 2.21. The lowest BCUT2D eigenvalue weighted by atomic mass is 9.94. The lowest BCUT2D eigenvalue weighted by molar-refractivity contribution is 0.421. The number of para-hydroxylation sites is 1. The fourth-order valence-corrected chi connectivity index (χ4v) is 3.44. The maximum atomic E-state index is 10.3. The number of phenols is 1. The Morgan fingerprint density at radius 3 is 2.53 bits per heavy atom. The van der Waals surface area contributed by atoms with Crippen molar-refractivity contribution in [2.75, 3.05) is 0 Å². The molecule has 0 heterocycles. The largest absolute Gasteiger partial charge is 0.507 e. The summed E-state index contributed by atoms with van der Waals surface area (Å²) in [6.45, 7) is 6.73. The lowest BCUT2D eigenvalue weighted by Gasteiger charge is -2.21. The molecule has 1 saturated carbocycles. The van der Waals surface area contributed by atoms with Crippen LogP contribution in [-0.2, 0) is 0 Å². The third kappa shape index (κ3) is 2.78. The average Bonchev–Trinajstić information content (AvgIpc) is 2.16. The van der Waals surface area contributed by atoms with Crippen molar-refractivity contribution in [2.45, 2.75) is 44.9 Å². The van der Waals surface area contributed by atoms with Gasteiger partial charge in [-0.3, -0.25) is 4.99 Å². The highest BCUT2D eigenvalue weighted by atomic mass is 28.3. The molecule has 2 rings (SSSR count). The van der Waals surface area contributed by atoms with Crippen LogP contribution in [0, 0.1) is 0 Å². The van der Waals surface area contributed by atoms with E-state index >= 15 is 0 Å². The quantitative estimate of drug-likeness (QED) is 0.646. The molecule has 0 amide bonds. The van der Waals surface area contributed by atoms with E-state index in [2.05, 4.69) is 24.6 Å². The SMILES string of the molecule is C[Si](C)(C)c1cccc(C=NC2CCC2)c1O. The Hall–Kier alpha value is -1.09. The summed E-state index contributed by atoms with van der Waals surface area (Å²) in [5.74, 6) is 0.440. The maximum absolute atomic E-state index is 10.3. The predicted molar refractivity (Wildman–Crippen MR) is 76.3 cm³/mol. The minimum Gasteiger partial charge on any atom is -0.507 e. The standard InChI is InChI=1S/C14H21NOSi/c1-17(2,3)13-9-4-6-11(14(13)16)10-15-12-7-5-8-12/h4,6,9-10,12,16H,5,7-8H2,1-3H3. The van der Waals surface area contributed by atoms with E-state index in [-0.39, 0.29) is 0 Å². The van der Waals surface area contributed by atoms with Crippen LogP contribution >= 0.6 is 0 Å². The van der Waals surface area contributed by atoms with Gasteiger partial charge in [0, 0.05) is 17.8 Å². The summed E-state index contributed by atoms with van der Waals surface area (Å²) >= 11 is 0. The van der Waals surface area contributed by atoms with Gasteiger partial charge in [-0.2, -0.15) is 0 Å². The van der Waals surface area contributed by atoms with Gasteiger partial charge in [0.05, 0.1) is 8.07 Å². The highest BCUT2D eigenvalue weighted by Crippen LogP contribution is 2.23. The Morgan fingerprint density at radius 2 is 2.00 bits per heavy atom. The van der Waals surface area contributed by atoms with Crippen molar-refractivity contribution in [1.82, 2.24) is 0 Å². The van der Waals surface area contributed by atoms with Gasteiger partial charge in [0.1, 0.15) is 5.75 Å². The van der Waals surface area contributed by atoms with E-state index in [0.717, 1.165) is 10.8 Å². The molecule has 1 fully saturated rings. The fraction of sp³-hybridized carbons (Fsp3) is 0.500. The first kappa shape index (κ1) is 12.4. The van der Waals surface area contributed by atoms with Crippen LogP contribution in [0.1, 0.15) is 24.8 Å². The molecule has 1 aromatic carbocycles. The molecule has 0 spiro atoms. The summed E-state index contributed by atoms with van der Waals surface area (Å²) in [6.07, 6.45) is 5.54. The van der Waals surface area contributed by atoms with Crippen molar-refractivity contribution < 1.29 is 5.11 Å². The first-order valence-electron chi connectivity index (χ1n) is 6.34. The first-order valence-corrected chi connectivity index (χ1v) is 9.84. The van der Waals surface area contributed by atoms with Gasteiger partial charge < -0.3 is 5.11 Å². The van der Waals surface area contributed by atoms with Gasteiger partial charge in [-0.25, -0.2) is 0 Å². The van der Waals surface area contributed by atoms with Crippen molar-refractivity contribution in [3.05, 3.63) is 23.8 Å². The van der Waals surface area contributed by atoms with E-state index in [1.165, 1.54) is 19.3 Å². The van der Waals surface area contributed by atoms with Crippen molar-refractivity contribution in [3.8, 4) is 5.75 Å². The molecule has 2 nitrogen and oxygen atoms in total. The van der Waals surface area contributed by atoms with Gasteiger partial charge in [-0.1, -0.05) is 31.8 Å². The summed E-state index contributed by atoms with van der Waals surface area (Å²) in [4.78, 5) is 4.51. The number of phenolic OH excluding ortho intramolecular Hbond substituents is 1. The van der Waals surface area contributed by atoms with Gasteiger partial charge in [-0.05, 0) is 30.5 Å². The number of aromatic hydroxyl groups is 1. The van der Waals surface area contributed by atoms with Crippen LogP contribution in [0.5, 0.6) is 5.75 Å². The zero-order chi connectivity index (χ0) is 12.5. The second-order valence-electron chi connectivity index (χ2n) is 5.86. The summed E-state index contributed by atoms with van der Waals surface area (Å²) < 4.78 is 0. The van der Waals surface area contributed by atoms with E-state index in [1.54, 1.807) is 0 Å². The first-order chi connectivity index (χ1) is 7.98. The van der Waals surface area contributed by atoms with Gasteiger partial charge in [0.2, 0.25) is 0 Å². The second-order valence-corrected chi connectivity index (χ2v) is 10.9. The molecule has 1 aromatic rings. The molecule has 17 heavy (non-hydrogen) atoms. The maximum Gasteiger partial charge on any atom is 0.123 e. The number of nitrogens with zero attached hydrogens (tertiary/aromatic N) is 1. The van der Waals surface area contributed by atoms with Gasteiger partial charge in [0.25, 0.3) is 0 Å². The molecular formula is C14H21NOSi. The molecule has 0 aromatic heterocycles. The topological polar surface area (TPSA) is 32.6 Å². The van der Waals surface area contributed by atoms with E-state index < -0.39 is 8.07 Å². The zero-order valence-corrected chi connectivity index (χ0v) is 11.9. The third-order valence-electron chi connectivity index (χ3n) is 3.37. The Labute approximate surface area is 104 Å². The number of hydrogen-bond donors (Lipinski definition) is 1. The summed E-state index contributed by atoms with van der Waals surface area (Å²) in [5.41, 5.74) is 0.872. The number of rotatable bonds is 3. The van der Waals surface area contributed by atoms with Gasteiger partial charge >= 0.3 is 0 Å². The van der Waals surface area contributed by atoms with Crippen LogP contribution in [0.2, 0.25) is 19.6 Å². The molecule has 0 unspecified atom stereocenters.